The Hall–Kier alpha value is -2.03. The van der Waals surface area contributed by atoms with Gasteiger partial charge in [0.05, 0.1) is 6.04 Å². The number of fused-ring (bicyclic) bond motifs is 4. The number of carbonyl (C=O) groups is 1. The molecule has 1 aromatic carbocycles. The lowest BCUT2D eigenvalue weighted by Crippen LogP contribution is -2.48. The minimum Gasteiger partial charge on any atom is -0.344 e. The van der Waals surface area contributed by atoms with Gasteiger partial charge in [-0.25, -0.2) is 0 Å². The van der Waals surface area contributed by atoms with Gasteiger partial charge >= 0.3 is 0 Å². The third-order valence-electron chi connectivity index (χ3n) is 6.57. The first-order valence-electron chi connectivity index (χ1n) is 8.67. The zero-order chi connectivity index (χ0) is 15.8. The number of nitrogens with zero attached hydrogens (tertiary/aromatic N) is 2. The molecular formula is C20H22N2O. The summed E-state index contributed by atoms with van der Waals surface area (Å²) in [5, 5.41) is 1.32. The van der Waals surface area contributed by atoms with E-state index in [4.69, 9.17) is 0 Å². The molecule has 1 aromatic heterocycles. The molecule has 23 heavy (non-hydrogen) atoms. The van der Waals surface area contributed by atoms with Crippen LogP contribution in [0.2, 0.25) is 0 Å². The number of likely N-dealkylation sites (tertiary alicyclic amines) is 1. The van der Waals surface area contributed by atoms with E-state index in [2.05, 4.69) is 42.0 Å². The third-order valence-corrected chi connectivity index (χ3v) is 6.57. The molecule has 118 valence electrons. The van der Waals surface area contributed by atoms with Gasteiger partial charge in [-0.05, 0) is 37.8 Å². The molecule has 2 heterocycles. The van der Waals surface area contributed by atoms with E-state index in [0.717, 1.165) is 6.42 Å². The summed E-state index contributed by atoms with van der Waals surface area (Å²) in [6.45, 7) is 0. The Labute approximate surface area is 136 Å². The number of rotatable bonds is 0. The Balaban J connectivity index is 1.88. The number of aryl methyl sites for hydroxylation is 1. The van der Waals surface area contributed by atoms with E-state index in [1.54, 1.807) is 5.57 Å². The summed E-state index contributed by atoms with van der Waals surface area (Å²) in [7, 11) is 4.17. The number of benzene rings is 1. The Morgan fingerprint density at radius 2 is 1.96 bits per heavy atom. The Kier molecular flexibility index (Phi) is 2.50. The van der Waals surface area contributed by atoms with Crippen molar-refractivity contribution >= 4 is 22.9 Å². The van der Waals surface area contributed by atoms with Crippen LogP contribution in [0.4, 0.5) is 0 Å². The van der Waals surface area contributed by atoms with E-state index in [0.29, 0.717) is 12.3 Å². The van der Waals surface area contributed by atoms with E-state index in [1.807, 2.05) is 11.9 Å². The Bertz CT molecular complexity index is 875. The van der Waals surface area contributed by atoms with Gasteiger partial charge in [0.2, 0.25) is 5.91 Å². The van der Waals surface area contributed by atoms with Gasteiger partial charge in [-0.15, -0.1) is 0 Å². The highest BCUT2D eigenvalue weighted by Gasteiger charge is 2.54. The minimum absolute atomic E-state index is 0.194. The van der Waals surface area contributed by atoms with Crippen molar-refractivity contribution in [2.75, 3.05) is 7.05 Å². The molecule has 0 radical (unpaired) electrons. The zero-order valence-corrected chi connectivity index (χ0v) is 13.8. The van der Waals surface area contributed by atoms with Crippen LogP contribution < -0.4 is 0 Å². The van der Waals surface area contributed by atoms with Crippen LogP contribution in [0.1, 0.15) is 49.4 Å². The molecule has 2 fully saturated rings. The van der Waals surface area contributed by atoms with Gasteiger partial charge in [0.1, 0.15) is 0 Å². The molecule has 3 heteroatoms. The van der Waals surface area contributed by atoms with Crippen LogP contribution in [0.25, 0.3) is 17.0 Å². The topological polar surface area (TPSA) is 25.2 Å². The quantitative estimate of drug-likeness (QED) is 0.721. The summed E-state index contributed by atoms with van der Waals surface area (Å²) < 4.78 is 2.31. The fourth-order valence-electron chi connectivity index (χ4n) is 5.51. The molecule has 0 N–H and O–H groups in total. The first-order valence-corrected chi connectivity index (χ1v) is 8.67. The van der Waals surface area contributed by atoms with Crippen molar-refractivity contribution < 1.29 is 4.79 Å². The predicted molar refractivity (Wildman–Crippen MR) is 91.9 cm³/mol. The van der Waals surface area contributed by atoms with Crippen molar-refractivity contribution in [2.45, 2.75) is 38.1 Å². The average Bonchev–Trinajstić information content (AvgIpc) is 3.10. The second kappa shape index (κ2) is 4.28. The summed E-state index contributed by atoms with van der Waals surface area (Å²) >= 11 is 0. The maximum Gasteiger partial charge on any atom is 0.222 e. The number of aromatic nitrogens is 1. The summed E-state index contributed by atoms with van der Waals surface area (Å²) in [5.41, 5.74) is 5.74. The molecule has 0 bridgehead atoms. The van der Waals surface area contributed by atoms with Gasteiger partial charge in [-0.2, -0.15) is 0 Å². The summed E-state index contributed by atoms with van der Waals surface area (Å²) in [5.74, 6) is 0.299. The monoisotopic (exact) mass is 306 g/mol. The van der Waals surface area contributed by atoms with Crippen molar-refractivity contribution in [3.63, 3.8) is 0 Å². The molecule has 1 saturated heterocycles. The van der Waals surface area contributed by atoms with Gasteiger partial charge in [0.25, 0.3) is 0 Å². The smallest absolute Gasteiger partial charge is 0.222 e. The van der Waals surface area contributed by atoms with Crippen LogP contribution in [-0.4, -0.2) is 22.4 Å². The predicted octanol–water partition coefficient (Wildman–Crippen LogP) is 4.04. The lowest BCUT2D eigenvalue weighted by molar-refractivity contribution is -0.139. The normalized spacial score (nSPS) is 29.3. The van der Waals surface area contributed by atoms with Crippen molar-refractivity contribution in [2.24, 2.45) is 12.5 Å². The number of hydrogen-bond acceptors (Lipinski definition) is 1. The van der Waals surface area contributed by atoms with Crippen LogP contribution >= 0.6 is 0 Å². The number of para-hydroxylation sites is 1. The number of hydrogen-bond donors (Lipinski definition) is 0. The van der Waals surface area contributed by atoms with Crippen molar-refractivity contribution in [1.82, 2.24) is 9.47 Å². The van der Waals surface area contributed by atoms with E-state index >= 15 is 0 Å². The second-order valence-corrected chi connectivity index (χ2v) is 7.46. The first-order chi connectivity index (χ1) is 11.1. The number of amides is 1. The fraction of sp³-hybridized carbons (Fsp3) is 0.450. The largest absolute Gasteiger partial charge is 0.344 e. The van der Waals surface area contributed by atoms with Crippen LogP contribution in [0.3, 0.4) is 0 Å². The summed E-state index contributed by atoms with van der Waals surface area (Å²) in [6, 6.07) is 8.86. The van der Waals surface area contributed by atoms with Crippen LogP contribution in [0, 0.1) is 5.41 Å². The fourth-order valence-corrected chi connectivity index (χ4v) is 5.51. The molecule has 2 atom stereocenters. The minimum atomic E-state index is 0.194. The highest BCUT2D eigenvalue weighted by Crippen LogP contribution is 2.62. The number of piperidine rings is 1. The number of carbonyl (C=O) groups excluding carboxylic acids is 1. The summed E-state index contributed by atoms with van der Waals surface area (Å²) in [4.78, 5) is 14.5. The van der Waals surface area contributed by atoms with Crippen molar-refractivity contribution in [1.29, 1.82) is 0 Å². The average molecular weight is 306 g/mol. The molecule has 1 saturated carbocycles. The molecule has 1 aliphatic heterocycles. The van der Waals surface area contributed by atoms with Gasteiger partial charge in [0, 0.05) is 48.1 Å². The molecule has 2 aromatic rings. The molecule has 0 unspecified atom stereocenters. The van der Waals surface area contributed by atoms with Crippen LogP contribution in [0.15, 0.2) is 29.8 Å². The molecule has 2 aliphatic carbocycles. The van der Waals surface area contributed by atoms with Crippen molar-refractivity contribution in [3.05, 3.63) is 41.1 Å². The van der Waals surface area contributed by atoms with Gasteiger partial charge in [-0.1, -0.05) is 23.8 Å². The first kappa shape index (κ1) is 13.4. The van der Waals surface area contributed by atoms with Gasteiger partial charge < -0.3 is 9.47 Å². The Morgan fingerprint density at radius 1 is 1.13 bits per heavy atom. The highest BCUT2D eigenvalue weighted by molar-refractivity contribution is 5.91. The SMILES string of the molecule is CN1C(=O)CC[C@]23CCCC2=Cc2c(c4ccccc4n2C)[C@H]13. The second-order valence-electron chi connectivity index (χ2n) is 7.46. The molecule has 1 spiro atoms. The van der Waals surface area contributed by atoms with Crippen LogP contribution in [-0.2, 0) is 11.8 Å². The van der Waals surface area contributed by atoms with Crippen LogP contribution in [0.5, 0.6) is 0 Å². The lowest BCUT2D eigenvalue weighted by Gasteiger charge is -2.50. The van der Waals surface area contributed by atoms with E-state index in [-0.39, 0.29) is 11.5 Å². The van der Waals surface area contributed by atoms with Gasteiger partial charge in [0.15, 0.2) is 0 Å². The molecule has 3 aliphatic rings. The summed E-state index contributed by atoms with van der Waals surface area (Å²) in [6.07, 6.45) is 7.85. The highest BCUT2D eigenvalue weighted by atomic mass is 16.2. The lowest BCUT2D eigenvalue weighted by atomic mass is 9.64. The maximum atomic E-state index is 12.5. The molecule has 1 amide bonds. The third kappa shape index (κ3) is 1.48. The molecular weight excluding hydrogens is 284 g/mol. The standard InChI is InChI=1S/C20H22N2O/c1-21-15-8-4-3-7-14(15)18-16(21)12-13-6-5-10-20(13)11-9-17(23)22(2)19(18)20/h3-4,7-8,12,19H,5-6,9-11H2,1-2H3/t19-,20+/m0/s1. The van der Waals surface area contributed by atoms with E-state index < -0.39 is 0 Å². The van der Waals surface area contributed by atoms with E-state index in [1.165, 1.54) is 41.4 Å². The van der Waals surface area contributed by atoms with Gasteiger partial charge in [-0.3, -0.25) is 4.79 Å². The zero-order valence-electron chi connectivity index (χ0n) is 13.8. The Morgan fingerprint density at radius 3 is 2.83 bits per heavy atom. The van der Waals surface area contributed by atoms with Crippen molar-refractivity contribution in [3.8, 4) is 0 Å². The molecule has 5 rings (SSSR count). The van der Waals surface area contributed by atoms with E-state index in [9.17, 15) is 4.79 Å². The molecule has 3 nitrogen and oxygen atoms in total. The maximum absolute atomic E-state index is 12.5.